The number of nitrogens with zero attached hydrogens (tertiary/aromatic N) is 2. The van der Waals surface area contributed by atoms with Crippen LogP contribution in [0, 0.1) is 0 Å². The number of fused-ring (bicyclic) bond motifs is 6. The van der Waals surface area contributed by atoms with Crippen molar-refractivity contribution in [3.63, 3.8) is 0 Å². The van der Waals surface area contributed by atoms with Gasteiger partial charge in [0.1, 0.15) is 5.65 Å². The number of pyridine rings is 1. The second-order valence-corrected chi connectivity index (χ2v) is 5.27. The summed E-state index contributed by atoms with van der Waals surface area (Å²) < 4.78 is 2.19. The fourth-order valence-corrected chi connectivity index (χ4v) is 3.06. The summed E-state index contributed by atoms with van der Waals surface area (Å²) in [5.41, 5.74) is 3.68. The van der Waals surface area contributed by atoms with Gasteiger partial charge < -0.3 is 0 Å². The van der Waals surface area contributed by atoms with Crippen LogP contribution in [0.25, 0.3) is 27.3 Å². The van der Waals surface area contributed by atoms with Crippen molar-refractivity contribution in [3.8, 4) is 0 Å². The number of hydrogen-bond donors (Lipinski definition) is 0. The van der Waals surface area contributed by atoms with E-state index in [2.05, 4.69) is 58.8 Å². The number of aromatic nitrogens is 2. The highest BCUT2D eigenvalue weighted by Crippen LogP contribution is 2.29. The molecule has 20 heavy (non-hydrogen) atoms. The zero-order valence-electron chi connectivity index (χ0n) is 11.5. The zero-order valence-corrected chi connectivity index (χ0v) is 11.5. The Hall–Kier alpha value is -2.35. The Balaban J connectivity index is 2.23. The van der Waals surface area contributed by atoms with Gasteiger partial charge in [0.25, 0.3) is 0 Å². The number of hydrogen-bond acceptors (Lipinski definition) is 1. The van der Waals surface area contributed by atoms with Gasteiger partial charge in [0, 0.05) is 23.2 Å². The van der Waals surface area contributed by atoms with E-state index in [0.29, 0.717) is 0 Å². The Morgan fingerprint density at radius 2 is 1.85 bits per heavy atom. The van der Waals surface area contributed by atoms with Crippen molar-refractivity contribution in [2.24, 2.45) is 0 Å². The molecule has 0 saturated heterocycles. The molecule has 0 fully saturated rings. The van der Waals surface area contributed by atoms with Crippen LogP contribution in [0.1, 0.15) is 18.9 Å². The summed E-state index contributed by atoms with van der Waals surface area (Å²) in [5.74, 6) is 0. The molecule has 2 nitrogen and oxygen atoms in total. The summed E-state index contributed by atoms with van der Waals surface area (Å²) in [6, 6.07) is 15.3. The van der Waals surface area contributed by atoms with Crippen LogP contribution in [0.15, 0.2) is 54.9 Å². The number of imidazole rings is 1. The summed E-state index contributed by atoms with van der Waals surface area (Å²) >= 11 is 0. The van der Waals surface area contributed by atoms with Gasteiger partial charge in [-0.2, -0.15) is 0 Å². The second-order valence-electron chi connectivity index (χ2n) is 5.27. The quantitative estimate of drug-likeness (QED) is 0.482. The van der Waals surface area contributed by atoms with E-state index < -0.39 is 0 Å². The van der Waals surface area contributed by atoms with Crippen LogP contribution in [0.2, 0.25) is 0 Å². The van der Waals surface area contributed by atoms with E-state index in [1.165, 1.54) is 33.7 Å². The van der Waals surface area contributed by atoms with Gasteiger partial charge in [0.2, 0.25) is 0 Å². The fraction of sp³-hybridized carbons (Fsp3) is 0.167. The van der Waals surface area contributed by atoms with Crippen molar-refractivity contribution in [1.29, 1.82) is 0 Å². The molecule has 0 N–H and O–H groups in total. The van der Waals surface area contributed by atoms with E-state index in [0.717, 1.165) is 12.1 Å². The van der Waals surface area contributed by atoms with E-state index in [9.17, 15) is 0 Å². The average molecular weight is 260 g/mol. The Labute approximate surface area is 117 Å². The topological polar surface area (TPSA) is 17.3 Å². The Morgan fingerprint density at radius 1 is 1.00 bits per heavy atom. The van der Waals surface area contributed by atoms with Crippen LogP contribution < -0.4 is 0 Å². The molecule has 4 aromatic rings. The Kier molecular flexibility index (Phi) is 2.49. The van der Waals surface area contributed by atoms with Crippen molar-refractivity contribution in [2.45, 2.75) is 19.8 Å². The number of aryl methyl sites for hydroxylation is 1. The SMILES string of the molecule is CCCc1ccc2c(c1)c1ccccc1c1nccn21. The smallest absolute Gasteiger partial charge is 0.145 e. The van der Waals surface area contributed by atoms with E-state index in [-0.39, 0.29) is 0 Å². The van der Waals surface area contributed by atoms with Crippen LogP contribution in [-0.4, -0.2) is 9.38 Å². The first-order chi connectivity index (χ1) is 9.88. The summed E-state index contributed by atoms with van der Waals surface area (Å²) in [6.07, 6.45) is 6.23. The second kappa shape index (κ2) is 4.34. The van der Waals surface area contributed by atoms with Crippen molar-refractivity contribution in [3.05, 3.63) is 60.4 Å². The minimum atomic E-state index is 1.04. The molecule has 0 aliphatic rings. The van der Waals surface area contributed by atoms with Crippen molar-refractivity contribution < 1.29 is 0 Å². The molecule has 2 heteroatoms. The molecular formula is C18H16N2. The maximum atomic E-state index is 4.52. The molecule has 4 rings (SSSR count). The highest BCUT2D eigenvalue weighted by atomic mass is 15.0. The minimum absolute atomic E-state index is 1.04. The Morgan fingerprint density at radius 3 is 2.70 bits per heavy atom. The minimum Gasteiger partial charge on any atom is -0.299 e. The van der Waals surface area contributed by atoms with Crippen LogP contribution in [0.3, 0.4) is 0 Å². The maximum absolute atomic E-state index is 4.52. The van der Waals surface area contributed by atoms with Crippen molar-refractivity contribution in [2.75, 3.05) is 0 Å². The molecule has 0 aliphatic carbocycles. The number of rotatable bonds is 2. The molecule has 0 bridgehead atoms. The van der Waals surface area contributed by atoms with Gasteiger partial charge in [-0.25, -0.2) is 4.98 Å². The normalized spacial score (nSPS) is 11.7. The molecule has 0 aliphatic heterocycles. The largest absolute Gasteiger partial charge is 0.299 e. The zero-order chi connectivity index (χ0) is 13.5. The molecule has 0 radical (unpaired) electrons. The standard InChI is InChI=1S/C18H16N2/c1-2-5-13-8-9-17-16(12-13)14-6-3-4-7-15(14)18-19-10-11-20(17)18/h3-4,6-12H,2,5H2,1H3. The molecule has 0 unspecified atom stereocenters. The molecule has 0 spiro atoms. The van der Waals surface area contributed by atoms with Gasteiger partial charge in [0.05, 0.1) is 5.52 Å². The lowest BCUT2D eigenvalue weighted by Crippen LogP contribution is -1.92. The lowest BCUT2D eigenvalue weighted by molar-refractivity contribution is 0.923. The fourth-order valence-electron chi connectivity index (χ4n) is 3.06. The third-order valence-electron chi connectivity index (χ3n) is 3.96. The third-order valence-corrected chi connectivity index (χ3v) is 3.96. The molecule has 2 aromatic heterocycles. The lowest BCUT2D eigenvalue weighted by atomic mass is 10.0. The highest BCUT2D eigenvalue weighted by molar-refractivity contribution is 6.11. The van der Waals surface area contributed by atoms with Gasteiger partial charge >= 0.3 is 0 Å². The highest BCUT2D eigenvalue weighted by Gasteiger charge is 2.08. The average Bonchev–Trinajstić information content (AvgIpc) is 2.97. The van der Waals surface area contributed by atoms with E-state index in [4.69, 9.17) is 0 Å². The first-order valence-electron chi connectivity index (χ1n) is 7.15. The molecule has 0 amide bonds. The van der Waals surface area contributed by atoms with Gasteiger partial charge in [-0.15, -0.1) is 0 Å². The predicted molar refractivity (Wildman–Crippen MR) is 84.2 cm³/mol. The summed E-state index contributed by atoms with van der Waals surface area (Å²) in [5, 5.41) is 3.83. The van der Waals surface area contributed by atoms with E-state index in [1.54, 1.807) is 0 Å². The van der Waals surface area contributed by atoms with Gasteiger partial charge in [-0.3, -0.25) is 4.40 Å². The van der Waals surface area contributed by atoms with Crippen molar-refractivity contribution >= 4 is 27.3 Å². The lowest BCUT2D eigenvalue weighted by Gasteiger charge is -2.09. The molecule has 98 valence electrons. The monoisotopic (exact) mass is 260 g/mol. The summed E-state index contributed by atoms with van der Waals surface area (Å²) in [6.45, 7) is 2.22. The van der Waals surface area contributed by atoms with Crippen molar-refractivity contribution in [1.82, 2.24) is 9.38 Å². The molecule has 2 heterocycles. The summed E-state index contributed by atoms with van der Waals surface area (Å²) in [4.78, 5) is 4.52. The predicted octanol–water partition coefficient (Wildman–Crippen LogP) is 4.59. The third kappa shape index (κ3) is 1.54. The van der Waals surface area contributed by atoms with E-state index in [1.807, 2.05) is 12.4 Å². The van der Waals surface area contributed by atoms with Gasteiger partial charge in [0.15, 0.2) is 0 Å². The van der Waals surface area contributed by atoms with Crippen LogP contribution in [0.5, 0.6) is 0 Å². The maximum Gasteiger partial charge on any atom is 0.145 e. The van der Waals surface area contributed by atoms with Gasteiger partial charge in [-0.1, -0.05) is 43.7 Å². The number of benzene rings is 2. The molecular weight excluding hydrogens is 244 g/mol. The van der Waals surface area contributed by atoms with E-state index >= 15 is 0 Å². The first-order valence-corrected chi connectivity index (χ1v) is 7.15. The molecule has 2 aromatic carbocycles. The molecule has 0 saturated carbocycles. The van der Waals surface area contributed by atoms with Crippen LogP contribution >= 0.6 is 0 Å². The van der Waals surface area contributed by atoms with Crippen LogP contribution in [0.4, 0.5) is 0 Å². The Bertz CT molecular complexity index is 919. The first kappa shape index (κ1) is 11.5. The van der Waals surface area contributed by atoms with Gasteiger partial charge in [-0.05, 0) is 29.5 Å². The van der Waals surface area contributed by atoms with Crippen LogP contribution in [-0.2, 0) is 6.42 Å². The summed E-state index contributed by atoms with van der Waals surface area (Å²) in [7, 11) is 0. The molecule has 0 atom stereocenters.